The van der Waals surface area contributed by atoms with E-state index in [1.807, 2.05) is 0 Å². The van der Waals surface area contributed by atoms with E-state index in [9.17, 15) is 18.0 Å². The van der Waals surface area contributed by atoms with Crippen LogP contribution in [0.2, 0.25) is 0 Å². The molecule has 5 heteroatoms. The molecule has 1 heterocycles. The highest BCUT2D eigenvalue weighted by atomic mass is 19.3. The molecule has 2 nitrogen and oxygen atoms in total. The fraction of sp³-hybridized carbons (Fsp3) is 0.154. The monoisotopic (exact) mass is 251 g/mol. The Labute approximate surface area is 100 Å². The molecule has 1 aliphatic carbocycles. The van der Waals surface area contributed by atoms with Gasteiger partial charge in [0.2, 0.25) is 0 Å². The third-order valence-corrected chi connectivity index (χ3v) is 3.22. The lowest BCUT2D eigenvalue weighted by atomic mass is 10.1. The van der Waals surface area contributed by atoms with Crippen LogP contribution >= 0.6 is 0 Å². The summed E-state index contributed by atoms with van der Waals surface area (Å²) in [6.07, 6.45) is 0. The molecule has 0 atom stereocenters. The first-order chi connectivity index (χ1) is 8.43. The highest BCUT2D eigenvalue weighted by Gasteiger charge is 2.46. The normalized spacial score (nSPS) is 15.3. The Kier molecular flexibility index (Phi) is 2.00. The lowest BCUT2D eigenvalue weighted by Gasteiger charge is -2.14. The third-order valence-electron chi connectivity index (χ3n) is 3.22. The van der Waals surface area contributed by atoms with Gasteiger partial charge in [-0.15, -0.1) is 0 Å². The molecule has 0 N–H and O–H groups in total. The molecule has 0 aliphatic heterocycles. The molecule has 0 saturated heterocycles. The van der Waals surface area contributed by atoms with E-state index in [1.165, 1.54) is 19.2 Å². The van der Waals surface area contributed by atoms with Crippen LogP contribution < -0.4 is 5.56 Å². The number of pyridine rings is 1. The molecule has 18 heavy (non-hydrogen) atoms. The van der Waals surface area contributed by atoms with Crippen molar-refractivity contribution in [1.29, 1.82) is 0 Å². The number of alkyl halides is 2. The lowest BCUT2D eigenvalue weighted by molar-refractivity contribution is 0.0393. The van der Waals surface area contributed by atoms with E-state index in [0.29, 0.717) is 0 Å². The van der Waals surface area contributed by atoms with E-state index >= 15 is 0 Å². The number of fused-ring (bicyclic) bond motifs is 3. The van der Waals surface area contributed by atoms with E-state index in [1.54, 1.807) is 0 Å². The van der Waals surface area contributed by atoms with Gasteiger partial charge in [0.25, 0.3) is 5.56 Å². The molecule has 0 unspecified atom stereocenters. The van der Waals surface area contributed by atoms with E-state index in [0.717, 1.165) is 22.8 Å². The molecule has 2 aromatic rings. The SMILES string of the molecule is Cn1c2c(ccc1=O)-c1cc(F)ccc1C2(F)F. The quantitative estimate of drug-likeness (QED) is 0.705. The molecular formula is C13H8F3NO. The Balaban J connectivity index is 2.47. The standard InChI is InChI=1S/C13H8F3NO/c1-17-11(18)5-3-8-9-6-7(14)2-4-10(9)13(15,16)12(8)17/h2-6H,1H3. The van der Waals surface area contributed by atoms with Crippen molar-refractivity contribution >= 4 is 0 Å². The number of nitrogens with zero attached hydrogens (tertiary/aromatic N) is 1. The van der Waals surface area contributed by atoms with Crippen molar-refractivity contribution in [3.63, 3.8) is 0 Å². The Morgan fingerprint density at radius 3 is 2.56 bits per heavy atom. The number of aromatic nitrogens is 1. The van der Waals surface area contributed by atoms with Gasteiger partial charge in [-0.2, -0.15) is 8.78 Å². The van der Waals surface area contributed by atoms with Gasteiger partial charge in [-0.05, 0) is 29.8 Å². The maximum absolute atomic E-state index is 14.2. The maximum atomic E-state index is 14.2. The molecule has 1 aromatic heterocycles. The van der Waals surface area contributed by atoms with Crippen molar-refractivity contribution in [2.75, 3.05) is 0 Å². The van der Waals surface area contributed by atoms with Crippen LogP contribution in [-0.2, 0) is 13.0 Å². The summed E-state index contributed by atoms with van der Waals surface area (Å²) in [6, 6.07) is 5.65. The van der Waals surface area contributed by atoms with E-state index < -0.39 is 17.3 Å². The number of rotatable bonds is 0. The molecule has 0 bridgehead atoms. The van der Waals surface area contributed by atoms with Crippen LogP contribution in [0.15, 0.2) is 35.1 Å². The fourth-order valence-corrected chi connectivity index (χ4v) is 2.37. The molecule has 0 radical (unpaired) electrons. The Bertz CT molecular complexity index is 719. The minimum absolute atomic E-state index is 0.144. The van der Waals surface area contributed by atoms with E-state index in [2.05, 4.69) is 0 Å². The van der Waals surface area contributed by atoms with Crippen LogP contribution in [-0.4, -0.2) is 4.57 Å². The Morgan fingerprint density at radius 1 is 1.11 bits per heavy atom. The average molecular weight is 251 g/mol. The van der Waals surface area contributed by atoms with Crippen LogP contribution in [0.5, 0.6) is 0 Å². The molecule has 0 amide bonds. The largest absolute Gasteiger partial charge is 0.314 e. The summed E-state index contributed by atoms with van der Waals surface area (Å²) in [4.78, 5) is 11.4. The van der Waals surface area contributed by atoms with Crippen LogP contribution in [0, 0.1) is 5.82 Å². The van der Waals surface area contributed by atoms with Gasteiger partial charge in [0.05, 0.1) is 0 Å². The first-order valence-electron chi connectivity index (χ1n) is 5.31. The second-order valence-corrected chi connectivity index (χ2v) is 4.26. The highest BCUT2D eigenvalue weighted by Crippen LogP contribution is 2.50. The van der Waals surface area contributed by atoms with Gasteiger partial charge in [0.15, 0.2) is 0 Å². The molecule has 0 saturated carbocycles. The molecule has 0 fully saturated rings. The summed E-state index contributed by atoms with van der Waals surface area (Å²) in [6.45, 7) is 0. The van der Waals surface area contributed by atoms with Gasteiger partial charge in [-0.3, -0.25) is 4.79 Å². The van der Waals surface area contributed by atoms with Gasteiger partial charge in [-0.1, -0.05) is 0 Å². The van der Waals surface area contributed by atoms with Crippen LogP contribution in [0.3, 0.4) is 0 Å². The number of hydrogen-bond donors (Lipinski definition) is 0. The lowest BCUT2D eigenvalue weighted by Crippen LogP contribution is -2.25. The predicted octanol–water partition coefficient (Wildman–Crippen LogP) is 2.64. The van der Waals surface area contributed by atoms with Crippen LogP contribution in [0.25, 0.3) is 11.1 Å². The van der Waals surface area contributed by atoms with Crippen molar-refractivity contribution in [3.8, 4) is 11.1 Å². The van der Waals surface area contributed by atoms with Crippen LogP contribution in [0.1, 0.15) is 11.3 Å². The van der Waals surface area contributed by atoms with Crippen molar-refractivity contribution in [1.82, 2.24) is 4.57 Å². The zero-order valence-corrected chi connectivity index (χ0v) is 9.38. The van der Waals surface area contributed by atoms with Gasteiger partial charge >= 0.3 is 5.92 Å². The fourth-order valence-electron chi connectivity index (χ4n) is 2.37. The molecule has 3 rings (SSSR count). The first-order valence-corrected chi connectivity index (χ1v) is 5.31. The Morgan fingerprint density at radius 2 is 1.83 bits per heavy atom. The Hall–Kier alpha value is -2.04. The van der Waals surface area contributed by atoms with Gasteiger partial charge < -0.3 is 4.57 Å². The van der Waals surface area contributed by atoms with E-state index in [-0.39, 0.29) is 22.4 Å². The van der Waals surface area contributed by atoms with E-state index in [4.69, 9.17) is 0 Å². The molecule has 0 spiro atoms. The van der Waals surface area contributed by atoms with Crippen molar-refractivity contribution in [3.05, 3.63) is 57.8 Å². The second-order valence-electron chi connectivity index (χ2n) is 4.26. The third kappa shape index (κ3) is 1.21. The average Bonchev–Trinajstić information content (AvgIpc) is 2.52. The number of benzene rings is 1. The topological polar surface area (TPSA) is 22.0 Å². The zero-order chi connectivity index (χ0) is 13.1. The summed E-state index contributed by atoms with van der Waals surface area (Å²) in [5.41, 5.74) is -0.806. The summed E-state index contributed by atoms with van der Waals surface area (Å²) in [5.74, 6) is -3.85. The van der Waals surface area contributed by atoms with Gasteiger partial charge in [0, 0.05) is 24.2 Å². The maximum Gasteiger partial charge on any atom is 0.314 e. The van der Waals surface area contributed by atoms with Crippen molar-refractivity contribution in [2.45, 2.75) is 5.92 Å². The highest BCUT2D eigenvalue weighted by molar-refractivity contribution is 5.78. The predicted molar refractivity (Wildman–Crippen MR) is 60.1 cm³/mol. The molecular weight excluding hydrogens is 243 g/mol. The smallest absolute Gasteiger partial charge is 0.309 e. The number of halogens is 3. The minimum Gasteiger partial charge on any atom is -0.309 e. The summed E-state index contributed by atoms with van der Waals surface area (Å²) in [7, 11) is 1.29. The number of hydrogen-bond acceptors (Lipinski definition) is 1. The molecule has 92 valence electrons. The summed E-state index contributed by atoms with van der Waals surface area (Å²) >= 11 is 0. The molecule has 1 aromatic carbocycles. The van der Waals surface area contributed by atoms with Gasteiger partial charge in [0.1, 0.15) is 11.5 Å². The zero-order valence-electron chi connectivity index (χ0n) is 9.38. The summed E-state index contributed by atoms with van der Waals surface area (Å²) in [5, 5.41) is 0. The minimum atomic E-state index is -3.27. The second kappa shape index (κ2) is 3.25. The van der Waals surface area contributed by atoms with Crippen molar-refractivity contribution in [2.24, 2.45) is 7.05 Å². The van der Waals surface area contributed by atoms with Crippen LogP contribution in [0.4, 0.5) is 13.2 Å². The molecule has 1 aliphatic rings. The van der Waals surface area contributed by atoms with Gasteiger partial charge in [-0.25, -0.2) is 4.39 Å². The van der Waals surface area contributed by atoms with Crippen molar-refractivity contribution < 1.29 is 13.2 Å². The first kappa shape index (κ1) is 11.1. The summed E-state index contributed by atoms with van der Waals surface area (Å²) < 4.78 is 42.5.